The molecule has 2 amide bonds. The Kier molecular flexibility index (Phi) is 9.84. The summed E-state index contributed by atoms with van der Waals surface area (Å²) in [4.78, 5) is 35.4. The van der Waals surface area contributed by atoms with Gasteiger partial charge in [-0.15, -0.1) is 0 Å². The van der Waals surface area contributed by atoms with E-state index in [9.17, 15) is 14.4 Å². The standard InChI is InChI=1S/C23H35N3O3/c1-17-19(16-22(28)26-17)11-6-3-7-12-20(27)13-8-14-25-23(29)21(24)15-18-9-4-2-5-10-18/h2,4-5,9-10,17,19,21H,3,6-8,11-16,24H2,1H3,(H,25,29)(H,26,28)/t17-,19-,21+/m1/s1. The molecule has 0 saturated carbocycles. The summed E-state index contributed by atoms with van der Waals surface area (Å²) in [5, 5.41) is 5.77. The molecule has 1 aliphatic rings. The number of carbonyl (C=O) groups is 3. The maximum atomic E-state index is 12.0. The zero-order valence-electron chi connectivity index (χ0n) is 17.5. The number of hydrogen-bond acceptors (Lipinski definition) is 4. The van der Waals surface area contributed by atoms with Crippen LogP contribution in [0.25, 0.3) is 0 Å². The Morgan fingerprint density at radius 2 is 1.86 bits per heavy atom. The Morgan fingerprint density at radius 3 is 2.55 bits per heavy atom. The summed E-state index contributed by atoms with van der Waals surface area (Å²) < 4.78 is 0. The molecule has 0 spiro atoms. The van der Waals surface area contributed by atoms with Gasteiger partial charge in [0.25, 0.3) is 0 Å². The molecule has 0 unspecified atom stereocenters. The summed E-state index contributed by atoms with van der Waals surface area (Å²) in [5.74, 6) is 0.676. The molecule has 6 heteroatoms. The van der Waals surface area contributed by atoms with Gasteiger partial charge in [0.2, 0.25) is 11.8 Å². The van der Waals surface area contributed by atoms with Crippen LogP contribution in [0.4, 0.5) is 0 Å². The summed E-state index contributed by atoms with van der Waals surface area (Å²) in [6.07, 6.45) is 6.91. The third kappa shape index (κ3) is 8.77. The predicted molar refractivity (Wildman–Crippen MR) is 114 cm³/mol. The molecule has 1 aliphatic heterocycles. The van der Waals surface area contributed by atoms with Gasteiger partial charge in [0.1, 0.15) is 5.78 Å². The third-order valence-corrected chi connectivity index (χ3v) is 5.64. The second kappa shape index (κ2) is 12.4. The molecule has 0 bridgehead atoms. The Hall–Kier alpha value is -2.21. The van der Waals surface area contributed by atoms with Crippen molar-refractivity contribution in [2.24, 2.45) is 11.7 Å². The van der Waals surface area contributed by atoms with Crippen LogP contribution in [0.3, 0.4) is 0 Å². The van der Waals surface area contributed by atoms with E-state index in [0.29, 0.717) is 44.6 Å². The fraction of sp³-hybridized carbons (Fsp3) is 0.609. The minimum atomic E-state index is -0.568. The van der Waals surface area contributed by atoms with E-state index in [1.54, 1.807) is 0 Å². The first-order valence-corrected chi connectivity index (χ1v) is 10.8. The van der Waals surface area contributed by atoms with Crippen LogP contribution < -0.4 is 16.4 Å². The van der Waals surface area contributed by atoms with Gasteiger partial charge in [0.15, 0.2) is 0 Å². The van der Waals surface area contributed by atoms with E-state index in [1.807, 2.05) is 30.3 Å². The molecule has 6 nitrogen and oxygen atoms in total. The number of carbonyl (C=O) groups excluding carboxylic acids is 3. The van der Waals surface area contributed by atoms with Crippen molar-refractivity contribution < 1.29 is 14.4 Å². The molecule has 0 aromatic heterocycles. The highest BCUT2D eigenvalue weighted by Gasteiger charge is 2.27. The fourth-order valence-electron chi connectivity index (χ4n) is 3.82. The zero-order chi connectivity index (χ0) is 21.1. The highest BCUT2D eigenvalue weighted by atomic mass is 16.2. The third-order valence-electron chi connectivity index (χ3n) is 5.64. The molecule has 2 rings (SSSR count). The van der Waals surface area contributed by atoms with Gasteiger partial charge in [-0.3, -0.25) is 14.4 Å². The van der Waals surface area contributed by atoms with Crippen LogP contribution in [0, 0.1) is 5.92 Å². The topological polar surface area (TPSA) is 101 Å². The molecule has 3 atom stereocenters. The van der Waals surface area contributed by atoms with Crippen molar-refractivity contribution in [3.63, 3.8) is 0 Å². The van der Waals surface area contributed by atoms with Crippen LogP contribution in [0.1, 0.15) is 63.9 Å². The lowest BCUT2D eigenvalue weighted by Crippen LogP contribution is -2.42. The number of unbranched alkanes of at least 4 members (excludes halogenated alkanes) is 2. The molecule has 1 aromatic rings. The molecule has 0 radical (unpaired) electrons. The van der Waals surface area contributed by atoms with Crippen molar-refractivity contribution in [2.45, 2.75) is 76.8 Å². The minimum absolute atomic E-state index is 0.158. The number of Topliss-reactive ketones (excluding diaryl/α,β-unsaturated/α-hetero) is 1. The maximum Gasteiger partial charge on any atom is 0.237 e. The van der Waals surface area contributed by atoms with Crippen LogP contribution in [0.15, 0.2) is 30.3 Å². The van der Waals surface area contributed by atoms with Gasteiger partial charge in [-0.25, -0.2) is 0 Å². The van der Waals surface area contributed by atoms with Gasteiger partial charge >= 0.3 is 0 Å². The van der Waals surface area contributed by atoms with Crippen molar-refractivity contribution in [1.82, 2.24) is 10.6 Å². The van der Waals surface area contributed by atoms with Crippen LogP contribution in [-0.2, 0) is 20.8 Å². The second-order valence-corrected chi connectivity index (χ2v) is 8.15. The number of hydrogen-bond donors (Lipinski definition) is 3. The first kappa shape index (κ1) is 23.1. The Morgan fingerprint density at radius 1 is 1.14 bits per heavy atom. The molecule has 1 heterocycles. The van der Waals surface area contributed by atoms with Crippen molar-refractivity contribution >= 4 is 17.6 Å². The normalized spacial score (nSPS) is 19.6. The van der Waals surface area contributed by atoms with Crippen LogP contribution >= 0.6 is 0 Å². The highest BCUT2D eigenvalue weighted by Crippen LogP contribution is 2.22. The van der Waals surface area contributed by atoms with Gasteiger partial charge in [0.05, 0.1) is 6.04 Å². The first-order chi connectivity index (χ1) is 14.0. The van der Waals surface area contributed by atoms with Gasteiger partial charge in [-0.2, -0.15) is 0 Å². The molecular formula is C23H35N3O3. The molecular weight excluding hydrogens is 366 g/mol. The predicted octanol–water partition coefficient (Wildman–Crippen LogP) is 2.50. The largest absolute Gasteiger partial charge is 0.355 e. The SMILES string of the molecule is C[C@H]1NC(=O)C[C@H]1CCCCCC(=O)CCCNC(=O)[C@@H](N)Cc1ccccc1. The minimum Gasteiger partial charge on any atom is -0.355 e. The van der Waals surface area contributed by atoms with E-state index in [1.165, 1.54) is 0 Å². The lowest BCUT2D eigenvalue weighted by molar-refractivity contribution is -0.123. The zero-order valence-corrected chi connectivity index (χ0v) is 17.5. The lowest BCUT2D eigenvalue weighted by atomic mass is 9.94. The number of ketones is 1. The molecule has 160 valence electrons. The van der Waals surface area contributed by atoms with Gasteiger partial charge in [0, 0.05) is 31.8 Å². The summed E-state index contributed by atoms with van der Waals surface area (Å²) in [5.41, 5.74) is 6.98. The van der Waals surface area contributed by atoms with Gasteiger partial charge in [-0.1, -0.05) is 43.2 Å². The number of amides is 2. The fourth-order valence-corrected chi connectivity index (χ4v) is 3.82. The van der Waals surface area contributed by atoms with E-state index >= 15 is 0 Å². The van der Waals surface area contributed by atoms with E-state index < -0.39 is 6.04 Å². The molecule has 1 aromatic carbocycles. The van der Waals surface area contributed by atoms with Gasteiger partial charge in [-0.05, 0) is 44.1 Å². The summed E-state index contributed by atoms with van der Waals surface area (Å²) in [7, 11) is 0. The molecule has 1 fully saturated rings. The van der Waals surface area contributed by atoms with Crippen molar-refractivity contribution in [2.75, 3.05) is 6.54 Å². The van der Waals surface area contributed by atoms with Crippen LogP contribution in [-0.4, -0.2) is 36.2 Å². The van der Waals surface area contributed by atoms with E-state index in [2.05, 4.69) is 17.6 Å². The highest BCUT2D eigenvalue weighted by molar-refractivity contribution is 5.82. The number of benzene rings is 1. The van der Waals surface area contributed by atoms with Crippen molar-refractivity contribution in [3.8, 4) is 0 Å². The van der Waals surface area contributed by atoms with E-state index in [-0.39, 0.29) is 23.6 Å². The van der Waals surface area contributed by atoms with Crippen LogP contribution in [0.5, 0.6) is 0 Å². The van der Waals surface area contributed by atoms with Gasteiger partial charge < -0.3 is 16.4 Å². The molecule has 1 saturated heterocycles. The van der Waals surface area contributed by atoms with Crippen LogP contribution in [0.2, 0.25) is 0 Å². The number of rotatable bonds is 13. The molecule has 0 aliphatic carbocycles. The average molecular weight is 402 g/mol. The number of nitrogens with one attached hydrogen (secondary N) is 2. The second-order valence-electron chi connectivity index (χ2n) is 8.15. The summed E-state index contributed by atoms with van der Waals surface area (Å²) in [6.45, 7) is 2.54. The monoisotopic (exact) mass is 401 g/mol. The quantitative estimate of drug-likeness (QED) is 0.442. The lowest BCUT2D eigenvalue weighted by Gasteiger charge is -2.13. The van der Waals surface area contributed by atoms with Crippen molar-refractivity contribution in [3.05, 3.63) is 35.9 Å². The number of nitrogens with two attached hydrogens (primary N) is 1. The summed E-state index contributed by atoms with van der Waals surface area (Å²) in [6, 6.07) is 9.41. The maximum absolute atomic E-state index is 12.0. The van der Waals surface area contributed by atoms with E-state index in [0.717, 1.165) is 31.2 Å². The summed E-state index contributed by atoms with van der Waals surface area (Å²) >= 11 is 0. The van der Waals surface area contributed by atoms with E-state index in [4.69, 9.17) is 5.73 Å². The van der Waals surface area contributed by atoms with Crippen molar-refractivity contribution in [1.29, 1.82) is 0 Å². The average Bonchev–Trinajstić information content (AvgIpc) is 3.02. The molecule has 29 heavy (non-hydrogen) atoms. The Balaban J connectivity index is 1.47. The first-order valence-electron chi connectivity index (χ1n) is 10.8. The molecule has 4 N–H and O–H groups in total. The Labute approximate surface area is 174 Å². The smallest absolute Gasteiger partial charge is 0.237 e. The Bertz CT molecular complexity index is 663.